The molecule has 25 heavy (non-hydrogen) atoms. The van der Waals surface area contributed by atoms with E-state index in [4.69, 9.17) is 4.74 Å². The smallest absolute Gasteiger partial charge is 0.135 e. The Kier molecular flexibility index (Phi) is 2.40. The first kappa shape index (κ1) is 13.0. The number of benzene rings is 4. The monoisotopic (exact) mass is 318 g/mol. The number of rotatable bonds is 0. The third kappa shape index (κ3) is 1.62. The van der Waals surface area contributed by atoms with Crippen LogP contribution in [0.3, 0.4) is 0 Å². The highest BCUT2D eigenvalue weighted by atomic mass is 16.5. The summed E-state index contributed by atoms with van der Waals surface area (Å²) in [6.45, 7) is 0. The summed E-state index contributed by atoms with van der Waals surface area (Å²) >= 11 is 0. The fraction of sp³-hybridized carbons (Fsp3) is 0. The van der Waals surface area contributed by atoms with Crippen molar-refractivity contribution in [1.29, 1.82) is 0 Å². The summed E-state index contributed by atoms with van der Waals surface area (Å²) in [5.74, 6) is 1.84. The van der Waals surface area contributed by atoms with Gasteiger partial charge in [-0.25, -0.2) is 0 Å². The van der Waals surface area contributed by atoms with Gasteiger partial charge < -0.3 is 4.74 Å². The normalized spacial score (nSPS) is 13.8. The zero-order valence-corrected chi connectivity index (χ0v) is 13.5. The molecule has 0 atom stereocenters. The first-order chi connectivity index (χ1) is 12.4. The lowest BCUT2D eigenvalue weighted by Crippen LogP contribution is -1.91. The van der Waals surface area contributed by atoms with E-state index in [9.17, 15) is 0 Å². The van der Waals surface area contributed by atoms with Crippen LogP contribution in [0, 0.1) is 0 Å². The fourth-order valence-corrected chi connectivity index (χ4v) is 4.23. The first-order valence-corrected chi connectivity index (χ1v) is 8.55. The van der Waals surface area contributed by atoms with Crippen molar-refractivity contribution in [2.75, 3.05) is 0 Å². The van der Waals surface area contributed by atoms with Crippen LogP contribution in [0.15, 0.2) is 84.9 Å². The van der Waals surface area contributed by atoms with Crippen molar-refractivity contribution in [1.82, 2.24) is 0 Å². The molecule has 1 aliphatic heterocycles. The van der Waals surface area contributed by atoms with Crippen molar-refractivity contribution in [3.8, 4) is 11.5 Å². The van der Waals surface area contributed by atoms with Crippen LogP contribution >= 0.6 is 0 Å². The Morgan fingerprint density at radius 3 is 1.48 bits per heavy atom. The van der Waals surface area contributed by atoms with E-state index in [1.807, 2.05) is 12.1 Å². The summed E-state index contributed by atoms with van der Waals surface area (Å²) in [6.07, 6.45) is 0. The summed E-state index contributed by atoms with van der Waals surface area (Å²) < 4.78 is 6.31. The molecule has 0 fully saturated rings. The van der Waals surface area contributed by atoms with E-state index in [2.05, 4.69) is 72.8 Å². The van der Waals surface area contributed by atoms with Gasteiger partial charge in [-0.15, -0.1) is 0 Å². The maximum atomic E-state index is 6.31. The Labute approximate surface area is 145 Å². The highest BCUT2D eigenvalue weighted by Gasteiger charge is 2.31. The van der Waals surface area contributed by atoms with E-state index in [1.165, 1.54) is 33.0 Å². The number of hydrogen-bond acceptors (Lipinski definition) is 1. The van der Waals surface area contributed by atoms with Crippen LogP contribution in [0.4, 0.5) is 0 Å². The van der Waals surface area contributed by atoms with Gasteiger partial charge in [0, 0.05) is 22.3 Å². The Hall–Kier alpha value is -3.32. The van der Waals surface area contributed by atoms with Crippen molar-refractivity contribution in [2.24, 2.45) is 0 Å². The van der Waals surface area contributed by atoms with Gasteiger partial charge in [0.1, 0.15) is 11.5 Å². The topological polar surface area (TPSA) is 9.23 Å². The van der Waals surface area contributed by atoms with Crippen LogP contribution in [0.2, 0.25) is 0 Å². The third-order valence-corrected chi connectivity index (χ3v) is 5.23. The van der Waals surface area contributed by atoms with Gasteiger partial charge >= 0.3 is 0 Å². The van der Waals surface area contributed by atoms with E-state index in [-0.39, 0.29) is 0 Å². The second kappa shape index (κ2) is 4.61. The number of fused-ring (bicyclic) bond motifs is 6. The number of para-hydroxylation sites is 2. The van der Waals surface area contributed by atoms with Gasteiger partial charge in [-0.05, 0) is 34.0 Å². The van der Waals surface area contributed by atoms with E-state index in [1.54, 1.807) is 0 Å². The Morgan fingerprint density at radius 2 is 0.920 bits per heavy atom. The molecule has 0 aromatic heterocycles. The van der Waals surface area contributed by atoms with Gasteiger partial charge in [-0.2, -0.15) is 0 Å². The molecule has 0 unspecified atom stereocenters. The van der Waals surface area contributed by atoms with Gasteiger partial charge in [0.05, 0.1) is 0 Å². The highest BCUT2D eigenvalue weighted by molar-refractivity contribution is 6.21. The van der Waals surface area contributed by atoms with E-state index in [0.717, 1.165) is 22.6 Å². The Bertz CT molecular complexity index is 1120. The van der Waals surface area contributed by atoms with Gasteiger partial charge in [0.2, 0.25) is 0 Å². The third-order valence-electron chi connectivity index (χ3n) is 5.23. The van der Waals surface area contributed by atoms with Crippen LogP contribution < -0.4 is 4.74 Å². The minimum atomic E-state index is 0.921. The first-order valence-electron chi connectivity index (χ1n) is 8.55. The average Bonchev–Trinajstić information content (AvgIpc) is 2.91. The lowest BCUT2D eigenvalue weighted by molar-refractivity contribution is 0.481. The van der Waals surface area contributed by atoms with Crippen molar-refractivity contribution in [3.05, 3.63) is 107 Å². The average molecular weight is 318 g/mol. The molecule has 1 heteroatoms. The van der Waals surface area contributed by atoms with Crippen LogP contribution in [0.25, 0.3) is 21.9 Å². The van der Waals surface area contributed by atoms with Crippen molar-refractivity contribution in [3.63, 3.8) is 0 Å². The fourth-order valence-electron chi connectivity index (χ4n) is 4.23. The quantitative estimate of drug-likeness (QED) is 0.321. The molecular weight excluding hydrogens is 304 g/mol. The van der Waals surface area contributed by atoms with E-state index in [0.29, 0.717) is 0 Å². The molecule has 2 aliphatic rings. The molecule has 4 aromatic rings. The molecule has 0 radical (unpaired) electrons. The standard InChI is InChI=1S/C24H14O/c1-3-13-20-16(9-1)23-18-11-5-7-15-8-6-12-19(22(15)18)24(23)17-10-2-4-14-21(17)25-20/h1-14H. The molecule has 1 nitrogen and oxygen atoms in total. The largest absolute Gasteiger partial charge is 0.456 e. The SMILES string of the molecule is c1ccc2c(c1)Oc1ccccc1C1=C2c2cccc3cccc1c23. The predicted molar refractivity (Wildman–Crippen MR) is 102 cm³/mol. The molecule has 116 valence electrons. The molecule has 1 aliphatic carbocycles. The Balaban J connectivity index is 1.85. The maximum Gasteiger partial charge on any atom is 0.135 e. The second-order valence-electron chi connectivity index (χ2n) is 6.55. The summed E-state index contributed by atoms with van der Waals surface area (Å²) in [4.78, 5) is 0. The molecule has 0 amide bonds. The molecule has 0 saturated carbocycles. The molecule has 1 heterocycles. The van der Waals surface area contributed by atoms with Gasteiger partial charge in [-0.1, -0.05) is 72.8 Å². The van der Waals surface area contributed by atoms with Crippen molar-refractivity contribution < 1.29 is 4.74 Å². The summed E-state index contributed by atoms with van der Waals surface area (Å²) in [7, 11) is 0. The number of hydrogen-bond donors (Lipinski definition) is 0. The minimum Gasteiger partial charge on any atom is -0.456 e. The number of ether oxygens (including phenoxy) is 1. The van der Waals surface area contributed by atoms with Gasteiger partial charge in [-0.3, -0.25) is 0 Å². The molecule has 4 aromatic carbocycles. The molecule has 0 spiro atoms. The van der Waals surface area contributed by atoms with E-state index < -0.39 is 0 Å². The van der Waals surface area contributed by atoms with Gasteiger partial charge in [0.15, 0.2) is 0 Å². The van der Waals surface area contributed by atoms with Crippen LogP contribution in [-0.4, -0.2) is 0 Å². The second-order valence-corrected chi connectivity index (χ2v) is 6.55. The molecule has 0 saturated heterocycles. The zero-order valence-electron chi connectivity index (χ0n) is 13.5. The van der Waals surface area contributed by atoms with Crippen LogP contribution in [0.5, 0.6) is 11.5 Å². The van der Waals surface area contributed by atoms with Crippen molar-refractivity contribution in [2.45, 2.75) is 0 Å². The summed E-state index contributed by atoms with van der Waals surface area (Å²) in [5.41, 5.74) is 7.50. The maximum absolute atomic E-state index is 6.31. The highest BCUT2D eigenvalue weighted by Crippen LogP contribution is 2.53. The lowest BCUT2D eigenvalue weighted by atomic mass is 9.93. The lowest BCUT2D eigenvalue weighted by Gasteiger charge is -2.12. The van der Waals surface area contributed by atoms with E-state index >= 15 is 0 Å². The van der Waals surface area contributed by atoms with Crippen molar-refractivity contribution >= 4 is 21.9 Å². The van der Waals surface area contributed by atoms with Crippen LogP contribution in [0.1, 0.15) is 22.3 Å². The molecule has 0 N–H and O–H groups in total. The van der Waals surface area contributed by atoms with Gasteiger partial charge in [0.25, 0.3) is 0 Å². The van der Waals surface area contributed by atoms with Crippen LogP contribution in [-0.2, 0) is 0 Å². The zero-order chi connectivity index (χ0) is 16.4. The minimum absolute atomic E-state index is 0.921. The predicted octanol–water partition coefficient (Wildman–Crippen LogP) is 6.27. The molecular formula is C24H14O. The molecule has 6 rings (SSSR count). The molecule has 0 bridgehead atoms. The Morgan fingerprint density at radius 1 is 0.440 bits per heavy atom. The summed E-state index contributed by atoms with van der Waals surface area (Å²) in [6, 6.07) is 29.9. The summed E-state index contributed by atoms with van der Waals surface area (Å²) in [5, 5.41) is 2.64.